The molecule has 2 amide bonds. The van der Waals surface area contributed by atoms with Crippen LogP contribution in [0.4, 0.5) is 0 Å². The third kappa shape index (κ3) is 3.72. The molecule has 4 heterocycles. The number of benzene rings is 1. The van der Waals surface area contributed by atoms with Crippen molar-refractivity contribution in [1.29, 1.82) is 0 Å². The highest BCUT2D eigenvalue weighted by molar-refractivity contribution is 6.05. The van der Waals surface area contributed by atoms with E-state index in [2.05, 4.69) is 4.98 Å². The van der Waals surface area contributed by atoms with Gasteiger partial charge in [0.05, 0.1) is 23.9 Å². The van der Waals surface area contributed by atoms with E-state index in [9.17, 15) is 19.2 Å². The van der Waals surface area contributed by atoms with E-state index in [1.165, 1.54) is 6.26 Å². The SMILES string of the molecule is Cn1cc(C(=O)N2CCN(C(=O)c3ccco3)CC2)c2[nH]c(=O)n(Cc3ccccc3)c(=O)c21. The van der Waals surface area contributed by atoms with Crippen LogP contribution < -0.4 is 11.2 Å². The molecular formula is C24H23N5O5. The van der Waals surface area contributed by atoms with Crippen LogP contribution in [0.15, 0.2) is 68.9 Å². The molecule has 0 unspecified atom stereocenters. The molecule has 10 nitrogen and oxygen atoms in total. The van der Waals surface area contributed by atoms with Crippen LogP contribution in [0.2, 0.25) is 0 Å². The van der Waals surface area contributed by atoms with Gasteiger partial charge in [0.25, 0.3) is 17.4 Å². The maximum atomic E-state index is 13.3. The van der Waals surface area contributed by atoms with Gasteiger partial charge in [0.15, 0.2) is 5.76 Å². The highest BCUT2D eigenvalue weighted by atomic mass is 16.3. The summed E-state index contributed by atoms with van der Waals surface area (Å²) in [5.74, 6) is -0.254. The third-order valence-electron chi connectivity index (χ3n) is 6.11. The molecule has 174 valence electrons. The van der Waals surface area contributed by atoms with Crippen LogP contribution in [0.3, 0.4) is 0 Å². The number of hydrogen-bond acceptors (Lipinski definition) is 5. The number of aromatic amines is 1. The molecule has 1 fully saturated rings. The molecular weight excluding hydrogens is 438 g/mol. The van der Waals surface area contributed by atoms with Gasteiger partial charge in [-0.2, -0.15) is 0 Å². The standard InChI is InChI=1S/C24H23N5O5/c1-26-15-17(21(30)27-9-11-28(12-10-27)22(31)18-8-5-13-34-18)19-20(26)23(32)29(24(33)25-19)14-16-6-3-2-4-7-16/h2-8,13,15H,9-12,14H2,1H3,(H,25,33). The molecule has 4 aromatic rings. The molecule has 34 heavy (non-hydrogen) atoms. The molecule has 1 N–H and O–H groups in total. The number of nitrogens with zero attached hydrogens (tertiary/aromatic N) is 4. The summed E-state index contributed by atoms with van der Waals surface area (Å²) in [4.78, 5) is 57.7. The Labute approximate surface area is 193 Å². The monoisotopic (exact) mass is 461 g/mol. The molecule has 1 aliphatic heterocycles. The summed E-state index contributed by atoms with van der Waals surface area (Å²) in [7, 11) is 1.67. The number of hydrogen-bond donors (Lipinski definition) is 1. The topological polar surface area (TPSA) is 114 Å². The highest BCUT2D eigenvalue weighted by Crippen LogP contribution is 2.18. The van der Waals surface area contributed by atoms with Crippen LogP contribution in [0.5, 0.6) is 0 Å². The Hall–Kier alpha value is -4.34. The number of rotatable bonds is 4. The zero-order chi connectivity index (χ0) is 23.8. The molecule has 3 aromatic heterocycles. The van der Waals surface area contributed by atoms with Crippen molar-refractivity contribution in [1.82, 2.24) is 23.9 Å². The summed E-state index contributed by atoms with van der Waals surface area (Å²) in [6.07, 6.45) is 3.01. The molecule has 1 aliphatic rings. The molecule has 1 aromatic carbocycles. The largest absolute Gasteiger partial charge is 0.459 e. The van der Waals surface area contributed by atoms with Crippen LogP contribution in [0, 0.1) is 0 Å². The van der Waals surface area contributed by atoms with E-state index in [1.54, 1.807) is 39.7 Å². The number of nitrogens with one attached hydrogen (secondary N) is 1. The second-order valence-corrected chi connectivity index (χ2v) is 8.25. The normalized spacial score (nSPS) is 14.0. The summed E-state index contributed by atoms with van der Waals surface area (Å²) < 4.78 is 7.87. The predicted molar refractivity (Wildman–Crippen MR) is 124 cm³/mol. The van der Waals surface area contributed by atoms with Gasteiger partial charge in [0.2, 0.25) is 0 Å². The van der Waals surface area contributed by atoms with Crippen molar-refractivity contribution in [3.05, 3.63) is 92.6 Å². The number of aromatic nitrogens is 3. The molecule has 0 atom stereocenters. The number of amides is 2. The van der Waals surface area contributed by atoms with E-state index in [4.69, 9.17) is 4.42 Å². The fourth-order valence-corrected chi connectivity index (χ4v) is 4.32. The Balaban J connectivity index is 1.40. The Morgan fingerprint density at radius 1 is 0.941 bits per heavy atom. The van der Waals surface area contributed by atoms with Crippen molar-refractivity contribution in [3.8, 4) is 0 Å². The number of furan rings is 1. The Kier molecular flexibility index (Phi) is 5.40. The Morgan fingerprint density at radius 2 is 1.62 bits per heavy atom. The van der Waals surface area contributed by atoms with E-state index in [0.29, 0.717) is 26.2 Å². The maximum absolute atomic E-state index is 13.3. The van der Waals surface area contributed by atoms with E-state index in [1.807, 2.05) is 30.3 Å². The van der Waals surface area contributed by atoms with Crippen LogP contribution in [0.1, 0.15) is 26.5 Å². The average Bonchev–Trinajstić information content (AvgIpc) is 3.50. The minimum absolute atomic E-state index is 0.130. The number of H-pyrrole nitrogens is 1. The van der Waals surface area contributed by atoms with E-state index in [0.717, 1.165) is 10.1 Å². The van der Waals surface area contributed by atoms with Gasteiger partial charge in [0.1, 0.15) is 5.52 Å². The van der Waals surface area contributed by atoms with Gasteiger partial charge in [-0.1, -0.05) is 30.3 Å². The van der Waals surface area contributed by atoms with Gasteiger partial charge >= 0.3 is 5.69 Å². The van der Waals surface area contributed by atoms with Crippen LogP contribution in [-0.4, -0.2) is 61.9 Å². The zero-order valence-electron chi connectivity index (χ0n) is 18.6. The lowest BCUT2D eigenvalue weighted by Crippen LogP contribution is -2.50. The average molecular weight is 461 g/mol. The zero-order valence-corrected chi connectivity index (χ0v) is 18.6. The number of aryl methyl sites for hydroxylation is 1. The first-order chi connectivity index (χ1) is 16.4. The summed E-state index contributed by atoms with van der Waals surface area (Å²) in [5, 5.41) is 0. The predicted octanol–water partition coefficient (Wildman–Crippen LogP) is 1.27. The summed E-state index contributed by atoms with van der Waals surface area (Å²) >= 11 is 0. The summed E-state index contributed by atoms with van der Waals surface area (Å²) in [6, 6.07) is 12.5. The van der Waals surface area contributed by atoms with Crippen molar-refractivity contribution < 1.29 is 14.0 Å². The van der Waals surface area contributed by atoms with E-state index in [-0.39, 0.29) is 40.7 Å². The first kappa shape index (κ1) is 21.5. The Bertz CT molecular complexity index is 1470. The van der Waals surface area contributed by atoms with Gasteiger partial charge in [-0.05, 0) is 17.7 Å². The first-order valence-corrected chi connectivity index (χ1v) is 10.9. The van der Waals surface area contributed by atoms with Gasteiger partial charge < -0.3 is 23.8 Å². The minimum Gasteiger partial charge on any atom is -0.459 e. The fraction of sp³-hybridized carbons (Fsp3) is 0.250. The fourth-order valence-electron chi connectivity index (χ4n) is 4.32. The third-order valence-corrected chi connectivity index (χ3v) is 6.11. The van der Waals surface area contributed by atoms with Crippen LogP contribution in [0.25, 0.3) is 11.0 Å². The number of carbonyl (C=O) groups is 2. The van der Waals surface area contributed by atoms with E-state index >= 15 is 0 Å². The highest BCUT2D eigenvalue weighted by Gasteiger charge is 2.29. The summed E-state index contributed by atoms with van der Waals surface area (Å²) in [6.45, 7) is 1.51. The molecule has 1 saturated heterocycles. The quantitative estimate of drug-likeness (QED) is 0.492. The number of carbonyl (C=O) groups excluding carboxylic acids is 2. The lowest BCUT2D eigenvalue weighted by molar-refractivity contribution is 0.0519. The van der Waals surface area contributed by atoms with Crippen molar-refractivity contribution in [2.24, 2.45) is 7.05 Å². The van der Waals surface area contributed by atoms with Gasteiger partial charge in [-0.15, -0.1) is 0 Å². The minimum atomic E-state index is -0.574. The number of piperazine rings is 1. The second kappa shape index (κ2) is 8.54. The van der Waals surface area contributed by atoms with E-state index < -0.39 is 11.2 Å². The molecule has 10 heteroatoms. The van der Waals surface area contributed by atoms with Gasteiger partial charge in [-0.25, -0.2) is 4.79 Å². The first-order valence-electron chi connectivity index (χ1n) is 10.9. The molecule has 0 aliphatic carbocycles. The van der Waals surface area contributed by atoms with Crippen LogP contribution >= 0.6 is 0 Å². The number of fused-ring (bicyclic) bond motifs is 1. The smallest absolute Gasteiger partial charge is 0.329 e. The van der Waals surface area contributed by atoms with Gasteiger partial charge in [-0.3, -0.25) is 19.0 Å². The molecule has 0 saturated carbocycles. The van der Waals surface area contributed by atoms with Gasteiger partial charge in [0, 0.05) is 39.4 Å². The molecule has 0 spiro atoms. The maximum Gasteiger partial charge on any atom is 0.329 e. The second-order valence-electron chi connectivity index (χ2n) is 8.25. The lowest BCUT2D eigenvalue weighted by Gasteiger charge is -2.34. The van der Waals surface area contributed by atoms with Crippen molar-refractivity contribution in [2.75, 3.05) is 26.2 Å². The molecule has 5 rings (SSSR count). The lowest BCUT2D eigenvalue weighted by atomic mass is 10.2. The molecule has 0 radical (unpaired) electrons. The van der Waals surface area contributed by atoms with Crippen molar-refractivity contribution in [2.45, 2.75) is 6.54 Å². The summed E-state index contributed by atoms with van der Waals surface area (Å²) in [5.41, 5.74) is 0.520. The molecule has 0 bridgehead atoms. The van der Waals surface area contributed by atoms with Crippen LogP contribution in [-0.2, 0) is 13.6 Å². The Morgan fingerprint density at radius 3 is 2.26 bits per heavy atom. The van der Waals surface area contributed by atoms with Crippen molar-refractivity contribution >= 4 is 22.8 Å². The van der Waals surface area contributed by atoms with Crippen molar-refractivity contribution in [3.63, 3.8) is 0 Å².